The van der Waals surface area contributed by atoms with E-state index in [-0.39, 0.29) is 11.8 Å². The zero-order valence-electron chi connectivity index (χ0n) is 13.6. The van der Waals surface area contributed by atoms with Crippen LogP contribution in [0.25, 0.3) is 5.65 Å². The molecule has 0 atom stereocenters. The Kier molecular flexibility index (Phi) is 3.51. The lowest BCUT2D eigenvalue weighted by atomic mass is 9.95. The second-order valence-electron chi connectivity index (χ2n) is 6.17. The Labute approximate surface area is 138 Å². The third-order valence-corrected chi connectivity index (χ3v) is 4.55. The molecule has 0 N–H and O–H groups in total. The molecule has 0 aliphatic carbocycles. The molecule has 1 aliphatic heterocycles. The van der Waals surface area contributed by atoms with Crippen LogP contribution in [-0.2, 0) is 0 Å². The van der Waals surface area contributed by atoms with Crippen molar-refractivity contribution in [1.82, 2.24) is 29.9 Å². The fourth-order valence-corrected chi connectivity index (χ4v) is 3.17. The minimum Gasteiger partial charge on any atom is -0.361 e. The predicted octanol–water partition coefficient (Wildman–Crippen LogP) is 1.75. The Morgan fingerprint density at radius 3 is 2.71 bits per heavy atom. The van der Waals surface area contributed by atoms with Crippen molar-refractivity contribution in [2.45, 2.75) is 32.6 Å². The summed E-state index contributed by atoms with van der Waals surface area (Å²) in [5.41, 5.74) is 2.23. The van der Waals surface area contributed by atoms with Crippen molar-refractivity contribution in [3.05, 3.63) is 41.2 Å². The van der Waals surface area contributed by atoms with E-state index in [0.717, 1.165) is 30.0 Å². The quantitative estimate of drug-likeness (QED) is 0.713. The topological polar surface area (TPSA) is 89.4 Å². The van der Waals surface area contributed by atoms with Crippen molar-refractivity contribution < 1.29 is 9.32 Å². The molecule has 0 saturated carbocycles. The summed E-state index contributed by atoms with van der Waals surface area (Å²) in [6.45, 7) is 5.05. The molecule has 8 nitrogen and oxygen atoms in total. The average molecular weight is 326 g/mol. The number of aryl methyl sites for hydroxylation is 2. The van der Waals surface area contributed by atoms with Crippen LogP contribution in [0.1, 0.15) is 46.4 Å². The van der Waals surface area contributed by atoms with Crippen LogP contribution >= 0.6 is 0 Å². The zero-order chi connectivity index (χ0) is 16.7. The van der Waals surface area contributed by atoms with E-state index < -0.39 is 0 Å². The molecule has 0 unspecified atom stereocenters. The SMILES string of the molecule is Cc1ccc2nnc(C3CCN(C(=O)c4cnoc4C)CC3)n2n1. The van der Waals surface area contributed by atoms with E-state index in [0.29, 0.717) is 24.4 Å². The van der Waals surface area contributed by atoms with E-state index in [4.69, 9.17) is 4.52 Å². The Balaban J connectivity index is 1.50. The first-order chi connectivity index (χ1) is 11.6. The zero-order valence-corrected chi connectivity index (χ0v) is 13.6. The predicted molar refractivity (Wildman–Crippen MR) is 84.6 cm³/mol. The van der Waals surface area contributed by atoms with Crippen LogP contribution in [0.3, 0.4) is 0 Å². The molecule has 1 aliphatic rings. The number of fused-ring (bicyclic) bond motifs is 1. The van der Waals surface area contributed by atoms with Crippen molar-refractivity contribution in [1.29, 1.82) is 0 Å². The second kappa shape index (κ2) is 5.70. The first-order valence-electron chi connectivity index (χ1n) is 8.03. The number of likely N-dealkylation sites (tertiary alicyclic amines) is 1. The van der Waals surface area contributed by atoms with Gasteiger partial charge in [0.2, 0.25) is 0 Å². The maximum absolute atomic E-state index is 12.5. The van der Waals surface area contributed by atoms with Gasteiger partial charge in [0.15, 0.2) is 11.5 Å². The van der Waals surface area contributed by atoms with Gasteiger partial charge in [0.05, 0.1) is 11.9 Å². The van der Waals surface area contributed by atoms with Crippen LogP contribution in [0, 0.1) is 13.8 Å². The lowest BCUT2D eigenvalue weighted by Crippen LogP contribution is -2.38. The first-order valence-corrected chi connectivity index (χ1v) is 8.03. The number of carbonyl (C=O) groups is 1. The number of rotatable bonds is 2. The highest BCUT2D eigenvalue weighted by molar-refractivity contribution is 5.94. The molecule has 4 rings (SSSR count). The number of hydrogen-bond acceptors (Lipinski definition) is 6. The number of aromatic nitrogens is 5. The molecule has 0 bridgehead atoms. The standard InChI is InChI=1S/C16H18N6O2/c1-10-3-4-14-18-19-15(22(14)20-10)12-5-7-21(8-6-12)16(23)13-9-17-24-11(13)2/h3-4,9,12H,5-8H2,1-2H3. The summed E-state index contributed by atoms with van der Waals surface area (Å²) >= 11 is 0. The Morgan fingerprint density at radius 2 is 2.00 bits per heavy atom. The number of amides is 1. The minimum atomic E-state index is -0.0210. The summed E-state index contributed by atoms with van der Waals surface area (Å²) in [5.74, 6) is 1.67. The van der Waals surface area contributed by atoms with Gasteiger partial charge in [-0.2, -0.15) is 9.61 Å². The summed E-state index contributed by atoms with van der Waals surface area (Å²) in [7, 11) is 0. The summed E-state index contributed by atoms with van der Waals surface area (Å²) in [4.78, 5) is 14.4. The van der Waals surface area contributed by atoms with Crippen molar-refractivity contribution in [2.24, 2.45) is 0 Å². The molecule has 1 fully saturated rings. The highest BCUT2D eigenvalue weighted by Gasteiger charge is 2.29. The average Bonchev–Trinajstić information content (AvgIpc) is 3.20. The molecule has 4 heterocycles. The van der Waals surface area contributed by atoms with Crippen LogP contribution in [0.4, 0.5) is 0 Å². The molecule has 0 spiro atoms. The highest BCUT2D eigenvalue weighted by atomic mass is 16.5. The van der Waals surface area contributed by atoms with E-state index >= 15 is 0 Å². The molecule has 124 valence electrons. The van der Waals surface area contributed by atoms with Crippen LogP contribution in [0.5, 0.6) is 0 Å². The minimum absolute atomic E-state index is 0.0210. The van der Waals surface area contributed by atoms with Crippen LogP contribution in [0.2, 0.25) is 0 Å². The maximum atomic E-state index is 12.5. The van der Waals surface area contributed by atoms with Gasteiger partial charge in [-0.05, 0) is 38.8 Å². The van der Waals surface area contributed by atoms with Gasteiger partial charge in [-0.1, -0.05) is 5.16 Å². The fourth-order valence-electron chi connectivity index (χ4n) is 3.17. The van der Waals surface area contributed by atoms with Gasteiger partial charge in [-0.15, -0.1) is 10.2 Å². The summed E-state index contributed by atoms with van der Waals surface area (Å²) in [6, 6.07) is 3.85. The Morgan fingerprint density at radius 1 is 1.21 bits per heavy atom. The Bertz CT molecular complexity index is 891. The molecular formula is C16H18N6O2. The summed E-state index contributed by atoms with van der Waals surface area (Å²) in [6.07, 6.45) is 3.17. The van der Waals surface area contributed by atoms with E-state index in [1.54, 1.807) is 6.92 Å². The van der Waals surface area contributed by atoms with E-state index in [9.17, 15) is 4.79 Å². The lowest BCUT2D eigenvalue weighted by Gasteiger charge is -2.30. The van der Waals surface area contributed by atoms with E-state index in [1.807, 2.05) is 28.5 Å². The molecule has 8 heteroatoms. The summed E-state index contributed by atoms with van der Waals surface area (Å²) in [5, 5.41) is 16.7. The van der Waals surface area contributed by atoms with Crippen LogP contribution in [0.15, 0.2) is 22.9 Å². The Hall–Kier alpha value is -2.77. The number of nitrogens with zero attached hydrogens (tertiary/aromatic N) is 6. The molecule has 3 aromatic heterocycles. The highest BCUT2D eigenvalue weighted by Crippen LogP contribution is 2.27. The van der Waals surface area contributed by atoms with E-state index in [1.165, 1.54) is 6.20 Å². The first kappa shape index (κ1) is 14.8. The lowest BCUT2D eigenvalue weighted by molar-refractivity contribution is 0.0709. The number of piperidine rings is 1. The van der Waals surface area contributed by atoms with E-state index in [2.05, 4.69) is 20.5 Å². The normalized spacial score (nSPS) is 16.0. The monoisotopic (exact) mass is 326 g/mol. The maximum Gasteiger partial charge on any atom is 0.259 e. The fraction of sp³-hybridized carbons (Fsp3) is 0.438. The largest absolute Gasteiger partial charge is 0.361 e. The van der Waals surface area contributed by atoms with Gasteiger partial charge >= 0.3 is 0 Å². The van der Waals surface area contributed by atoms with Gasteiger partial charge in [-0.25, -0.2) is 0 Å². The molecule has 24 heavy (non-hydrogen) atoms. The van der Waals surface area contributed by atoms with Crippen LogP contribution < -0.4 is 0 Å². The smallest absolute Gasteiger partial charge is 0.259 e. The van der Waals surface area contributed by atoms with Crippen molar-refractivity contribution in [2.75, 3.05) is 13.1 Å². The van der Waals surface area contributed by atoms with Gasteiger partial charge in [0.1, 0.15) is 11.3 Å². The third-order valence-electron chi connectivity index (χ3n) is 4.55. The molecule has 1 saturated heterocycles. The second-order valence-corrected chi connectivity index (χ2v) is 6.17. The molecule has 0 radical (unpaired) electrons. The van der Waals surface area contributed by atoms with Gasteiger partial charge < -0.3 is 9.42 Å². The van der Waals surface area contributed by atoms with Gasteiger partial charge in [0, 0.05) is 19.0 Å². The molecule has 1 amide bonds. The van der Waals surface area contributed by atoms with Crippen LogP contribution in [-0.4, -0.2) is 48.9 Å². The molecule has 0 aromatic carbocycles. The number of hydrogen-bond donors (Lipinski definition) is 0. The van der Waals surface area contributed by atoms with Gasteiger partial charge in [-0.3, -0.25) is 4.79 Å². The number of carbonyl (C=O) groups excluding carboxylic acids is 1. The van der Waals surface area contributed by atoms with Gasteiger partial charge in [0.25, 0.3) is 5.91 Å². The molecular weight excluding hydrogens is 308 g/mol. The third kappa shape index (κ3) is 2.44. The molecule has 3 aromatic rings. The van der Waals surface area contributed by atoms with Crippen molar-refractivity contribution in [3.63, 3.8) is 0 Å². The van der Waals surface area contributed by atoms with Crippen molar-refractivity contribution in [3.8, 4) is 0 Å². The van der Waals surface area contributed by atoms with Crippen molar-refractivity contribution >= 4 is 11.6 Å². The summed E-state index contributed by atoms with van der Waals surface area (Å²) < 4.78 is 6.81.